The van der Waals surface area contributed by atoms with Gasteiger partial charge in [0.2, 0.25) is 0 Å². The smallest absolute Gasteiger partial charge is 0.293 e. The van der Waals surface area contributed by atoms with E-state index in [1.54, 1.807) is 19.0 Å². The molecule has 0 spiro atoms. The monoisotopic (exact) mass is 678 g/mol. The van der Waals surface area contributed by atoms with Crippen LogP contribution in [-0.4, -0.2) is 108 Å². The number of nitrogens with zero attached hydrogens (tertiary/aromatic N) is 5. The van der Waals surface area contributed by atoms with Crippen LogP contribution in [-0.2, 0) is 19.1 Å². The Balaban J connectivity index is 0.000000824. The first kappa shape index (κ1) is 41.3. The second-order valence-electron chi connectivity index (χ2n) is 14.6. The van der Waals surface area contributed by atoms with Crippen LogP contribution in [0.3, 0.4) is 0 Å². The van der Waals surface area contributed by atoms with Gasteiger partial charge >= 0.3 is 0 Å². The molecule has 2 amide bonds. The van der Waals surface area contributed by atoms with Crippen LogP contribution in [0.4, 0.5) is 0 Å². The largest absolute Gasteiger partial charge is 0.462 e. The van der Waals surface area contributed by atoms with Crippen molar-refractivity contribution in [1.82, 2.24) is 24.9 Å². The number of likely N-dealkylation sites (N-methyl/N-ethyl adjacent to an activating group) is 2. The summed E-state index contributed by atoms with van der Waals surface area (Å²) in [7, 11) is 5.76. The Labute approximate surface area is 296 Å². The molecule has 1 N–H and O–H groups in total. The van der Waals surface area contributed by atoms with Gasteiger partial charge in [0.15, 0.2) is 0 Å². The summed E-state index contributed by atoms with van der Waals surface area (Å²) in [4.78, 5) is 49.2. The van der Waals surface area contributed by atoms with Crippen LogP contribution < -0.4 is 5.32 Å². The maximum Gasteiger partial charge on any atom is 0.293 e. The minimum absolute atomic E-state index is 0.00461. The summed E-state index contributed by atoms with van der Waals surface area (Å²) in [5.74, 6) is 0.915. The van der Waals surface area contributed by atoms with Gasteiger partial charge in [-0.25, -0.2) is 4.99 Å². The number of aliphatic imine (C=N–C) groups is 1. The van der Waals surface area contributed by atoms with E-state index >= 15 is 0 Å². The molecule has 10 nitrogen and oxygen atoms in total. The summed E-state index contributed by atoms with van der Waals surface area (Å²) in [6, 6.07) is 0.729. The van der Waals surface area contributed by atoms with Crippen LogP contribution in [0.1, 0.15) is 87.0 Å². The highest BCUT2D eigenvalue weighted by atomic mass is 16.5. The van der Waals surface area contributed by atoms with E-state index in [1.165, 1.54) is 12.8 Å². The second-order valence-corrected chi connectivity index (χ2v) is 14.6. The lowest BCUT2D eigenvalue weighted by atomic mass is 9.79. The number of nitrogens with one attached hydrogen (secondary N) is 1. The number of ether oxygens (including phenoxy) is 1. The number of rotatable bonds is 9. The molecule has 10 heteroatoms. The van der Waals surface area contributed by atoms with E-state index in [4.69, 9.17) is 4.99 Å². The third-order valence-corrected chi connectivity index (χ3v) is 9.56. The molecular weight excluding hydrogens is 616 g/mol. The number of amides is 2. The molecule has 5 aliphatic rings. The minimum atomic E-state index is -0.318. The molecule has 3 saturated heterocycles. The Bertz CT molecular complexity index is 1360. The average Bonchev–Trinajstić information content (AvgIpc) is 3.63. The van der Waals surface area contributed by atoms with E-state index in [-0.39, 0.29) is 23.0 Å². The number of carbonyl (C=O) groups is 3. The van der Waals surface area contributed by atoms with Crippen molar-refractivity contribution in [3.05, 3.63) is 72.2 Å². The van der Waals surface area contributed by atoms with Crippen LogP contribution in [0.15, 0.2) is 77.1 Å². The number of fused-ring (bicyclic) bond motifs is 3. The van der Waals surface area contributed by atoms with Crippen LogP contribution >= 0.6 is 0 Å². The number of allylic oxidation sites excluding steroid dienone is 4. The molecule has 5 rings (SSSR count). The molecule has 1 saturated carbocycles. The molecule has 4 heterocycles. The maximum absolute atomic E-state index is 13.5. The third kappa shape index (κ3) is 10.8. The van der Waals surface area contributed by atoms with Gasteiger partial charge in [-0.15, -0.1) is 13.2 Å². The lowest BCUT2D eigenvalue weighted by Gasteiger charge is -2.53. The minimum Gasteiger partial charge on any atom is -0.462 e. The SMILES string of the molecule is C=C.C=C(C)/C(=C\C=C(/C)NC/N=C1\C(=C/C)C=C(C(=O)N(C)C)N1C1CCCC1)C(=O)N1CCC2(C)CC(C1)N2C.CC(C)(C)OC=O. The molecule has 0 aromatic rings. The first-order valence-corrected chi connectivity index (χ1v) is 17.4. The highest BCUT2D eigenvalue weighted by molar-refractivity contribution is 6.12. The first-order valence-electron chi connectivity index (χ1n) is 17.4. The van der Waals surface area contributed by atoms with Gasteiger partial charge in [0.1, 0.15) is 23.8 Å². The molecule has 2 bridgehead atoms. The van der Waals surface area contributed by atoms with Crippen molar-refractivity contribution < 1.29 is 19.1 Å². The molecule has 2 atom stereocenters. The van der Waals surface area contributed by atoms with Crippen molar-refractivity contribution in [1.29, 1.82) is 0 Å². The van der Waals surface area contributed by atoms with Crippen molar-refractivity contribution >= 4 is 24.1 Å². The van der Waals surface area contributed by atoms with Crippen LogP contribution in [0, 0.1) is 0 Å². The van der Waals surface area contributed by atoms with E-state index in [2.05, 4.69) is 53.6 Å². The van der Waals surface area contributed by atoms with Crippen LogP contribution in [0.2, 0.25) is 0 Å². The summed E-state index contributed by atoms with van der Waals surface area (Å²) in [5.41, 5.74) is 3.90. The first-order chi connectivity index (χ1) is 23.0. The fourth-order valence-electron chi connectivity index (χ4n) is 6.55. The normalized spacial score (nSPS) is 24.5. The third-order valence-electron chi connectivity index (χ3n) is 9.56. The summed E-state index contributed by atoms with van der Waals surface area (Å²) >= 11 is 0. The Morgan fingerprint density at radius 2 is 1.78 bits per heavy atom. The summed E-state index contributed by atoms with van der Waals surface area (Å²) in [6.07, 6.45) is 14.4. The van der Waals surface area contributed by atoms with Crippen LogP contribution in [0.25, 0.3) is 0 Å². The molecule has 0 aromatic heterocycles. The summed E-state index contributed by atoms with van der Waals surface area (Å²) in [5, 5.41) is 3.37. The topological polar surface area (TPSA) is 97.8 Å². The summed E-state index contributed by atoms with van der Waals surface area (Å²) in [6.45, 7) is 26.1. The molecule has 0 radical (unpaired) electrons. The molecule has 272 valence electrons. The molecule has 0 aromatic carbocycles. The Morgan fingerprint density at radius 1 is 1.14 bits per heavy atom. The van der Waals surface area contributed by atoms with Crippen molar-refractivity contribution in [2.45, 2.75) is 110 Å². The fraction of sp³-hybridized carbons (Fsp3) is 0.590. The maximum atomic E-state index is 13.5. The fourth-order valence-corrected chi connectivity index (χ4v) is 6.55. The Morgan fingerprint density at radius 3 is 2.27 bits per heavy atom. The lowest BCUT2D eigenvalue weighted by Crippen LogP contribution is -2.62. The zero-order valence-corrected chi connectivity index (χ0v) is 31.9. The zero-order chi connectivity index (χ0) is 37.1. The predicted octanol–water partition coefficient (Wildman–Crippen LogP) is 5.97. The van der Waals surface area contributed by atoms with Gasteiger partial charge in [-0.2, -0.15) is 0 Å². The zero-order valence-electron chi connectivity index (χ0n) is 31.9. The second kappa shape index (κ2) is 18.2. The number of amidine groups is 1. The van der Waals surface area contributed by atoms with Gasteiger partial charge in [-0.05, 0) is 105 Å². The quantitative estimate of drug-likeness (QED) is 0.139. The van der Waals surface area contributed by atoms with Gasteiger partial charge in [0.05, 0.1) is 0 Å². The van der Waals surface area contributed by atoms with Gasteiger partial charge < -0.3 is 24.8 Å². The van der Waals surface area contributed by atoms with Crippen molar-refractivity contribution in [2.75, 3.05) is 40.9 Å². The van der Waals surface area contributed by atoms with Crippen molar-refractivity contribution in [2.24, 2.45) is 4.99 Å². The molecule has 4 fully saturated rings. The molecule has 49 heavy (non-hydrogen) atoms. The van der Waals surface area contributed by atoms with Gasteiger partial charge in [0, 0.05) is 61.7 Å². The van der Waals surface area contributed by atoms with Gasteiger partial charge in [-0.1, -0.05) is 25.5 Å². The number of carbonyl (C=O) groups excluding carboxylic acids is 3. The van der Waals surface area contributed by atoms with E-state index in [0.717, 1.165) is 61.5 Å². The number of hydrogen-bond donors (Lipinski definition) is 1. The van der Waals surface area contributed by atoms with Crippen molar-refractivity contribution in [3.8, 4) is 0 Å². The Kier molecular flexibility index (Phi) is 15.3. The number of hydrogen-bond acceptors (Lipinski definition) is 7. The van der Waals surface area contributed by atoms with Crippen molar-refractivity contribution in [3.63, 3.8) is 0 Å². The van der Waals surface area contributed by atoms with Crippen LogP contribution in [0.5, 0.6) is 0 Å². The van der Waals surface area contributed by atoms with Gasteiger partial charge in [-0.3, -0.25) is 19.3 Å². The standard InChI is InChI=1S/C32H48N6O2.C5H10O2.C2H4/c1-9-24-18-28(31(40)35(6)7)38(25-12-10-11-13-25)29(24)34-21-33-23(4)14-15-27(22(2)3)30(39)37-17-16-32(5)19-26(20-37)36(32)8;1-5(2,3)7-4-6;1-2/h9,14-15,18,25-26,33H,2,10-13,16-17,19-21H2,1,3-8H3;4H,1-3H3;1-2H2/b23-14+,24-9-,27-15+,34-29+;;. The summed E-state index contributed by atoms with van der Waals surface area (Å²) < 4.78 is 4.55. The lowest BCUT2D eigenvalue weighted by molar-refractivity contribution is -0.138. The molecule has 4 aliphatic heterocycles. The molecule has 1 aliphatic carbocycles. The van der Waals surface area contributed by atoms with E-state index in [9.17, 15) is 14.4 Å². The highest BCUT2D eigenvalue weighted by Gasteiger charge is 2.49. The Hall–Kier alpha value is -3.92. The van der Waals surface area contributed by atoms with E-state index in [0.29, 0.717) is 36.5 Å². The highest BCUT2D eigenvalue weighted by Crippen LogP contribution is 2.41. The average molecular weight is 679 g/mol. The van der Waals surface area contributed by atoms with E-state index in [1.807, 2.05) is 70.7 Å². The van der Waals surface area contributed by atoms with Gasteiger partial charge in [0.25, 0.3) is 18.3 Å². The predicted molar refractivity (Wildman–Crippen MR) is 201 cm³/mol. The molecular formula is C39H62N6O4. The molecule has 2 unspecified atom stereocenters. The van der Waals surface area contributed by atoms with E-state index < -0.39 is 0 Å².